The second-order valence-corrected chi connectivity index (χ2v) is 4.64. The van der Waals surface area contributed by atoms with Crippen LogP contribution in [0.15, 0.2) is 12.5 Å². The van der Waals surface area contributed by atoms with E-state index >= 15 is 0 Å². The molecule has 0 aromatic carbocycles. The molecular weight excluding hydrogens is 190 g/mol. The molecule has 2 aliphatic carbocycles. The third kappa shape index (κ3) is 1.89. The minimum Gasteiger partial charge on any atom is -0.356 e. The average Bonchev–Trinajstić information content (AvgIpc) is 3.16. The van der Waals surface area contributed by atoms with Gasteiger partial charge in [-0.25, -0.2) is 4.98 Å². The van der Waals surface area contributed by atoms with Crippen molar-refractivity contribution >= 4 is 5.91 Å². The van der Waals surface area contributed by atoms with Crippen LogP contribution < -0.4 is 5.32 Å². The Labute approximate surface area is 88.5 Å². The van der Waals surface area contributed by atoms with E-state index in [0.717, 1.165) is 24.6 Å². The van der Waals surface area contributed by atoms with Gasteiger partial charge in [-0.05, 0) is 25.2 Å². The highest BCUT2D eigenvalue weighted by molar-refractivity contribution is 5.82. The number of aromatic nitrogens is 2. The van der Waals surface area contributed by atoms with E-state index in [4.69, 9.17) is 0 Å². The number of imidazole rings is 1. The van der Waals surface area contributed by atoms with Crippen LogP contribution in [0, 0.1) is 11.8 Å². The molecule has 3 rings (SSSR count). The summed E-state index contributed by atoms with van der Waals surface area (Å²) < 4.78 is 0. The van der Waals surface area contributed by atoms with Crippen LogP contribution in [0.25, 0.3) is 0 Å². The van der Waals surface area contributed by atoms with E-state index in [0.29, 0.717) is 5.92 Å². The van der Waals surface area contributed by atoms with E-state index in [1.807, 2.05) is 6.20 Å². The highest BCUT2D eigenvalue weighted by Crippen LogP contribution is 2.46. The van der Waals surface area contributed by atoms with Crippen LogP contribution in [0.5, 0.6) is 0 Å². The Morgan fingerprint density at radius 1 is 1.60 bits per heavy atom. The molecule has 0 spiro atoms. The fourth-order valence-electron chi connectivity index (χ4n) is 2.00. The molecule has 2 aliphatic rings. The Bertz CT molecular complexity index is 356. The molecule has 80 valence electrons. The first-order valence-corrected chi connectivity index (χ1v) is 5.60. The Morgan fingerprint density at radius 2 is 2.47 bits per heavy atom. The van der Waals surface area contributed by atoms with Crippen molar-refractivity contribution in [1.82, 2.24) is 15.3 Å². The van der Waals surface area contributed by atoms with Gasteiger partial charge in [-0.1, -0.05) is 0 Å². The molecule has 1 heterocycles. The number of hydrogen-bond donors (Lipinski definition) is 2. The summed E-state index contributed by atoms with van der Waals surface area (Å²) in [6.07, 6.45) is 7.04. The summed E-state index contributed by atoms with van der Waals surface area (Å²) in [5, 5.41) is 3.03. The molecule has 1 aromatic rings. The van der Waals surface area contributed by atoms with Crippen LogP contribution in [0.1, 0.15) is 30.9 Å². The lowest BCUT2D eigenvalue weighted by Gasteiger charge is -2.02. The van der Waals surface area contributed by atoms with Gasteiger partial charge >= 0.3 is 0 Å². The molecule has 15 heavy (non-hydrogen) atoms. The third-order valence-electron chi connectivity index (χ3n) is 3.31. The summed E-state index contributed by atoms with van der Waals surface area (Å²) in [7, 11) is 0. The van der Waals surface area contributed by atoms with Crippen LogP contribution in [-0.2, 0) is 4.79 Å². The quantitative estimate of drug-likeness (QED) is 0.771. The van der Waals surface area contributed by atoms with Gasteiger partial charge in [-0.2, -0.15) is 0 Å². The molecule has 4 heteroatoms. The van der Waals surface area contributed by atoms with Crippen molar-refractivity contribution in [2.75, 3.05) is 6.54 Å². The van der Waals surface area contributed by atoms with E-state index in [2.05, 4.69) is 15.3 Å². The Morgan fingerprint density at radius 3 is 3.13 bits per heavy atom. The van der Waals surface area contributed by atoms with Crippen LogP contribution in [0.3, 0.4) is 0 Å². The highest BCUT2D eigenvalue weighted by Gasteiger charge is 2.44. The van der Waals surface area contributed by atoms with Gasteiger partial charge in [-0.3, -0.25) is 4.79 Å². The maximum absolute atomic E-state index is 11.7. The Balaban J connectivity index is 1.50. The number of nitrogens with one attached hydrogen (secondary N) is 2. The first-order valence-electron chi connectivity index (χ1n) is 5.60. The Kier molecular flexibility index (Phi) is 2.01. The van der Waals surface area contributed by atoms with E-state index < -0.39 is 0 Å². The maximum atomic E-state index is 11.7. The maximum Gasteiger partial charge on any atom is 0.223 e. The molecular formula is C11H15N3O. The zero-order chi connectivity index (χ0) is 10.3. The lowest BCUT2D eigenvalue weighted by molar-refractivity contribution is -0.122. The zero-order valence-electron chi connectivity index (χ0n) is 8.57. The number of nitrogens with zero attached hydrogens (tertiary/aromatic N) is 1. The first-order chi connectivity index (χ1) is 7.34. The number of aromatic amines is 1. The molecule has 2 fully saturated rings. The average molecular weight is 205 g/mol. The molecule has 2 atom stereocenters. The number of rotatable bonds is 4. The lowest BCUT2D eigenvalue weighted by atomic mass is 10.2. The zero-order valence-corrected chi connectivity index (χ0v) is 8.57. The van der Waals surface area contributed by atoms with Gasteiger partial charge in [0, 0.05) is 30.3 Å². The number of carbonyl (C=O) groups excluding carboxylic acids is 1. The van der Waals surface area contributed by atoms with Gasteiger partial charge in [0.2, 0.25) is 5.91 Å². The van der Waals surface area contributed by atoms with Gasteiger partial charge in [0.1, 0.15) is 0 Å². The second kappa shape index (κ2) is 3.36. The normalized spacial score (nSPS) is 28.8. The first kappa shape index (κ1) is 8.95. The number of amides is 1. The van der Waals surface area contributed by atoms with Gasteiger partial charge in [0.15, 0.2) is 0 Å². The fourth-order valence-corrected chi connectivity index (χ4v) is 2.00. The van der Waals surface area contributed by atoms with E-state index in [1.165, 1.54) is 12.8 Å². The van der Waals surface area contributed by atoms with E-state index in [1.54, 1.807) is 6.33 Å². The molecule has 2 N–H and O–H groups in total. The van der Waals surface area contributed by atoms with Crippen molar-refractivity contribution < 1.29 is 4.79 Å². The molecule has 2 saturated carbocycles. The van der Waals surface area contributed by atoms with Gasteiger partial charge in [0.05, 0.1) is 6.33 Å². The largest absolute Gasteiger partial charge is 0.356 e. The molecule has 1 amide bonds. The van der Waals surface area contributed by atoms with Crippen LogP contribution in [0.2, 0.25) is 0 Å². The van der Waals surface area contributed by atoms with Crippen LogP contribution >= 0.6 is 0 Å². The Hall–Kier alpha value is -1.32. The number of hydrogen-bond acceptors (Lipinski definition) is 2. The van der Waals surface area contributed by atoms with E-state index in [-0.39, 0.29) is 11.8 Å². The molecule has 4 nitrogen and oxygen atoms in total. The van der Waals surface area contributed by atoms with Crippen molar-refractivity contribution in [3.05, 3.63) is 18.2 Å². The molecule has 1 aromatic heterocycles. The van der Waals surface area contributed by atoms with Gasteiger partial charge in [-0.15, -0.1) is 0 Å². The van der Waals surface area contributed by atoms with Crippen molar-refractivity contribution in [1.29, 1.82) is 0 Å². The number of carbonyl (C=O) groups is 1. The van der Waals surface area contributed by atoms with E-state index in [9.17, 15) is 4.79 Å². The molecule has 0 unspecified atom stereocenters. The van der Waals surface area contributed by atoms with Crippen molar-refractivity contribution in [2.24, 2.45) is 11.8 Å². The molecule has 0 aliphatic heterocycles. The minimum absolute atomic E-state index is 0.184. The summed E-state index contributed by atoms with van der Waals surface area (Å²) in [5.41, 5.74) is 1.10. The predicted octanol–water partition coefficient (Wildman–Crippen LogP) is 1.04. The van der Waals surface area contributed by atoms with Crippen LogP contribution in [0.4, 0.5) is 0 Å². The smallest absolute Gasteiger partial charge is 0.223 e. The molecule has 0 bridgehead atoms. The summed E-state index contributed by atoms with van der Waals surface area (Å²) in [6.45, 7) is 0.880. The highest BCUT2D eigenvalue weighted by atomic mass is 16.2. The van der Waals surface area contributed by atoms with Crippen molar-refractivity contribution in [2.45, 2.75) is 25.2 Å². The van der Waals surface area contributed by atoms with Gasteiger partial charge in [0.25, 0.3) is 0 Å². The molecule has 0 saturated heterocycles. The SMILES string of the molecule is O=C(NCC1CC1)[C@H]1C[C@@H]1c1cnc[nH]1. The van der Waals surface area contributed by atoms with Gasteiger partial charge < -0.3 is 10.3 Å². The standard InChI is InChI=1S/C11H15N3O/c15-11(13-4-7-1-2-7)9-3-8(9)10-5-12-6-14-10/h5-9H,1-4H2,(H,12,14)(H,13,15)/t8-,9-/m0/s1. The molecule has 0 radical (unpaired) electrons. The number of H-pyrrole nitrogens is 1. The summed E-state index contributed by atoms with van der Waals surface area (Å²) in [6, 6.07) is 0. The summed E-state index contributed by atoms with van der Waals surface area (Å²) >= 11 is 0. The predicted molar refractivity (Wildman–Crippen MR) is 55.2 cm³/mol. The monoisotopic (exact) mass is 205 g/mol. The summed E-state index contributed by atoms with van der Waals surface area (Å²) in [4.78, 5) is 18.7. The topological polar surface area (TPSA) is 57.8 Å². The lowest BCUT2D eigenvalue weighted by Crippen LogP contribution is -2.27. The minimum atomic E-state index is 0.184. The summed E-state index contributed by atoms with van der Waals surface area (Å²) in [5.74, 6) is 1.55. The second-order valence-electron chi connectivity index (χ2n) is 4.64. The fraction of sp³-hybridized carbons (Fsp3) is 0.636. The van der Waals surface area contributed by atoms with Crippen molar-refractivity contribution in [3.63, 3.8) is 0 Å². The third-order valence-corrected chi connectivity index (χ3v) is 3.31. The van der Waals surface area contributed by atoms with Crippen molar-refractivity contribution in [3.8, 4) is 0 Å². The van der Waals surface area contributed by atoms with Crippen LogP contribution in [-0.4, -0.2) is 22.4 Å².